The Kier molecular flexibility index (Phi) is 8.22. The van der Waals surface area contributed by atoms with Crippen LogP contribution in [0.3, 0.4) is 0 Å². The molecule has 0 amide bonds. The Morgan fingerprint density at radius 3 is 2.67 bits per heavy atom. The summed E-state index contributed by atoms with van der Waals surface area (Å²) in [6.07, 6.45) is 10.7. The summed E-state index contributed by atoms with van der Waals surface area (Å²) in [4.78, 5) is 4.39. The van der Waals surface area contributed by atoms with Gasteiger partial charge in [0, 0.05) is 10.7 Å². The van der Waals surface area contributed by atoms with Crippen molar-refractivity contribution < 1.29 is 0 Å². The number of unbranched alkanes of at least 4 members (excludes halogenated alkanes) is 5. The zero-order chi connectivity index (χ0) is 13.2. The molecule has 0 saturated heterocycles. The minimum absolute atomic E-state index is 0.145. The second-order valence-corrected chi connectivity index (χ2v) is 5.50. The summed E-state index contributed by atoms with van der Waals surface area (Å²) < 4.78 is 1.03. The molecular formula is C14H24BrN3. The first-order valence-corrected chi connectivity index (χ1v) is 7.65. The number of nitrogens with two attached hydrogens (primary N) is 1. The second-order valence-electron chi connectivity index (χ2n) is 4.65. The maximum absolute atomic E-state index is 5.63. The summed E-state index contributed by atoms with van der Waals surface area (Å²) in [5.41, 5.74) is 3.88. The fourth-order valence-corrected chi connectivity index (χ4v) is 2.61. The molecule has 1 unspecified atom stereocenters. The van der Waals surface area contributed by atoms with Gasteiger partial charge in [-0.25, -0.2) is 0 Å². The summed E-state index contributed by atoms with van der Waals surface area (Å²) in [5.74, 6) is 5.63. The SMILES string of the molecule is CCCCCCCCC(NN)c1ncccc1Br. The smallest absolute Gasteiger partial charge is 0.0728 e. The van der Waals surface area contributed by atoms with E-state index in [-0.39, 0.29) is 6.04 Å². The van der Waals surface area contributed by atoms with Gasteiger partial charge in [-0.2, -0.15) is 0 Å². The van der Waals surface area contributed by atoms with E-state index in [0.29, 0.717) is 0 Å². The predicted molar refractivity (Wildman–Crippen MR) is 80.0 cm³/mol. The van der Waals surface area contributed by atoms with Gasteiger partial charge >= 0.3 is 0 Å². The average Bonchev–Trinajstić information content (AvgIpc) is 2.39. The molecule has 0 aliphatic rings. The van der Waals surface area contributed by atoms with E-state index < -0.39 is 0 Å². The van der Waals surface area contributed by atoms with Crippen molar-refractivity contribution in [2.75, 3.05) is 0 Å². The van der Waals surface area contributed by atoms with Crippen LogP contribution >= 0.6 is 15.9 Å². The molecule has 1 atom stereocenters. The molecule has 1 aromatic rings. The lowest BCUT2D eigenvalue weighted by molar-refractivity contribution is 0.467. The number of nitrogens with zero attached hydrogens (tertiary/aromatic N) is 1. The fourth-order valence-electron chi connectivity index (χ4n) is 2.08. The van der Waals surface area contributed by atoms with Crippen molar-refractivity contribution in [2.45, 2.75) is 57.9 Å². The molecule has 18 heavy (non-hydrogen) atoms. The van der Waals surface area contributed by atoms with E-state index in [1.807, 2.05) is 18.3 Å². The van der Waals surface area contributed by atoms with Crippen LogP contribution in [-0.4, -0.2) is 4.98 Å². The lowest BCUT2D eigenvalue weighted by atomic mass is 10.0. The number of hydrazine groups is 1. The van der Waals surface area contributed by atoms with Gasteiger partial charge in [0.05, 0.1) is 11.7 Å². The summed E-state index contributed by atoms with van der Waals surface area (Å²) >= 11 is 3.52. The van der Waals surface area contributed by atoms with Crippen molar-refractivity contribution in [1.29, 1.82) is 0 Å². The molecule has 1 rings (SSSR count). The molecule has 0 aliphatic carbocycles. The summed E-state index contributed by atoms with van der Waals surface area (Å²) in [7, 11) is 0. The minimum atomic E-state index is 0.145. The van der Waals surface area contributed by atoms with E-state index in [1.54, 1.807) is 0 Å². The number of nitrogens with one attached hydrogen (secondary N) is 1. The Balaban J connectivity index is 2.32. The number of hydrogen-bond donors (Lipinski definition) is 2. The highest BCUT2D eigenvalue weighted by Gasteiger charge is 2.13. The number of halogens is 1. The van der Waals surface area contributed by atoms with Gasteiger partial charge in [0.1, 0.15) is 0 Å². The number of aromatic nitrogens is 1. The first-order chi connectivity index (χ1) is 8.79. The lowest BCUT2D eigenvalue weighted by Crippen LogP contribution is -2.28. The zero-order valence-electron chi connectivity index (χ0n) is 11.2. The van der Waals surface area contributed by atoms with E-state index >= 15 is 0 Å². The highest BCUT2D eigenvalue weighted by Crippen LogP contribution is 2.24. The molecule has 1 heterocycles. The van der Waals surface area contributed by atoms with E-state index in [9.17, 15) is 0 Å². The molecular weight excluding hydrogens is 290 g/mol. The van der Waals surface area contributed by atoms with Gasteiger partial charge in [0.25, 0.3) is 0 Å². The highest BCUT2D eigenvalue weighted by molar-refractivity contribution is 9.10. The van der Waals surface area contributed by atoms with Gasteiger partial charge in [-0.15, -0.1) is 0 Å². The van der Waals surface area contributed by atoms with Crippen molar-refractivity contribution >= 4 is 15.9 Å². The van der Waals surface area contributed by atoms with Gasteiger partial charge in [-0.1, -0.05) is 45.4 Å². The summed E-state index contributed by atoms with van der Waals surface area (Å²) in [6, 6.07) is 4.08. The molecule has 0 fully saturated rings. The van der Waals surface area contributed by atoms with Crippen LogP contribution in [0.25, 0.3) is 0 Å². The molecule has 0 aromatic carbocycles. The normalized spacial score (nSPS) is 12.6. The minimum Gasteiger partial charge on any atom is -0.271 e. The largest absolute Gasteiger partial charge is 0.271 e. The van der Waals surface area contributed by atoms with Crippen LogP contribution in [-0.2, 0) is 0 Å². The van der Waals surface area contributed by atoms with Gasteiger partial charge in [0.15, 0.2) is 0 Å². The summed E-state index contributed by atoms with van der Waals surface area (Å²) in [6.45, 7) is 2.24. The molecule has 3 N–H and O–H groups in total. The third-order valence-electron chi connectivity index (χ3n) is 3.16. The third-order valence-corrected chi connectivity index (χ3v) is 3.84. The van der Waals surface area contributed by atoms with Gasteiger partial charge < -0.3 is 0 Å². The molecule has 0 saturated carbocycles. The van der Waals surface area contributed by atoms with E-state index in [4.69, 9.17) is 5.84 Å². The van der Waals surface area contributed by atoms with E-state index in [1.165, 1.54) is 38.5 Å². The molecule has 1 aromatic heterocycles. The van der Waals surface area contributed by atoms with E-state index in [0.717, 1.165) is 16.6 Å². The Morgan fingerprint density at radius 2 is 2.00 bits per heavy atom. The first-order valence-electron chi connectivity index (χ1n) is 6.86. The van der Waals surface area contributed by atoms with Crippen molar-refractivity contribution in [3.63, 3.8) is 0 Å². The summed E-state index contributed by atoms with van der Waals surface area (Å²) in [5, 5.41) is 0. The number of rotatable bonds is 9. The second kappa shape index (κ2) is 9.48. The van der Waals surface area contributed by atoms with Crippen LogP contribution in [0.15, 0.2) is 22.8 Å². The molecule has 0 bridgehead atoms. The monoisotopic (exact) mass is 313 g/mol. The van der Waals surface area contributed by atoms with Gasteiger partial charge in [-0.3, -0.25) is 16.3 Å². The van der Waals surface area contributed by atoms with Crippen molar-refractivity contribution in [3.8, 4) is 0 Å². The van der Waals surface area contributed by atoms with Crippen molar-refractivity contribution in [2.24, 2.45) is 5.84 Å². The van der Waals surface area contributed by atoms with Crippen LogP contribution in [0, 0.1) is 0 Å². The van der Waals surface area contributed by atoms with Gasteiger partial charge in [0.2, 0.25) is 0 Å². The standard InChI is InChI=1S/C14H24BrN3/c1-2-3-4-5-6-7-10-13(18-16)14-12(15)9-8-11-17-14/h8-9,11,13,18H,2-7,10,16H2,1H3. The topological polar surface area (TPSA) is 50.9 Å². The van der Waals surface area contributed by atoms with E-state index in [2.05, 4.69) is 33.3 Å². The van der Waals surface area contributed by atoms with Crippen LogP contribution in [0.2, 0.25) is 0 Å². The van der Waals surface area contributed by atoms with Crippen LogP contribution in [0.1, 0.15) is 63.6 Å². The maximum Gasteiger partial charge on any atom is 0.0728 e. The Morgan fingerprint density at radius 1 is 1.28 bits per heavy atom. The predicted octanol–water partition coefficient (Wildman–Crippen LogP) is 4.10. The average molecular weight is 314 g/mol. The third kappa shape index (κ3) is 5.46. The Labute approximate surface area is 119 Å². The Hall–Kier alpha value is -0.450. The zero-order valence-corrected chi connectivity index (χ0v) is 12.7. The molecule has 0 radical (unpaired) electrons. The number of hydrogen-bond acceptors (Lipinski definition) is 3. The number of pyridine rings is 1. The van der Waals surface area contributed by atoms with Crippen LogP contribution in [0.4, 0.5) is 0 Å². The van der Waals surface area contributed by atoms with Crippen LogP contribution < -0.4 is 11.3 Å². The molecule has 4 heteroatoms. The lowest BCUT2D eigenvalue weighted by Gasteiger charge is -2.16. The Bertz CT molecular complexity index is 331. The van der Waals surface area contributed by atoms with Gasteiger partial charge in [-0.05, 0) is 34.5 Å². The molecule has 0 spiro atoms. The van der Waals surface area contributed by atoms with Crippen LogP contribution in [0.5, 0.6) is 0 Å². The molecule has 3 nitrogen and oxygen atoms in total. The fraction of sp³-hybridized carbons (Fsp3) is 0.643. The maximum atomic E-state index is 5.63. The van der Waals surface area contributed by atoms with Crippen molar-refractivity contribution in [3.05, 3.63) is 28.5 Å². The quantitative estimate of drug-likeness (QED) is 0.410. The molecule has 102 valence electrons. The van der Waals surface area contributed by atoms with Crippen molar-refractivity contribution in [1.82, 2.24) is 10.4 Å². The highest BCUT2D eigenvalue weighted by atomic mass is 79.9. The molecule has 0 aliphatic heterocycles. The first kappa shape index (κ1) is 15.6.